The van der Waals surface area contributed by atoms with Crippen molar-refractivity contribution in [3.05, 3.63) is 35.9 Å². The smallest absolute Gasteiger partial charge is 0.0810 e. The van der Waals surface area contributed by atoms with E-state index in [2.05, 4.69) is 37.3 Å². The Hall–Kier alpha value is -0.860. The van der Waals surface area contributed by atoms with Crippen molar-refractivity contribution in [2.24, 2.45) is 0 Å². The maximum absolute atomic E-state index is 6.18. The molecule has 0 unspecified atom stereocenters. The van der Waals surface area contributed by atoms with E-state index in [0.29, 0.717) is 12.2 Å². The lowest BCUT2D eigenvalue weighted by Gasteiger charge is -2.18. The number of epoxide rings is 1. The molecular weight excluding hydrogens is 272 g/mol. The highest BCUT2D eigenvalue weighted by Gasteiger charge is 2.23. The number of ether oxygens (including phenoxy) is 2. The van der Waals surface area contributed by atoms with Crippen LogP contribution >= 0.6 is 0 Å². The normalized spacial score (nSPS) is 18.3. The van der Waals surface area contributed by atoms with E-state index in [1.165, 1.54) is 44.1 Å². The van der Waals surface area contributed by atoms with Crippen molar-refractivity contribution in [2.75, 3.05) is 13.2 Å². The van der Waals surface area contributed by atoms with Crippen molar-refractivity contribution < 1.29 is 9.47 Å². The monoisotopic (exact) mass is 304 g/mol. The van der Waals surface area contributed by atoms with E-state index in [-0.39, 0.29) is 0 Å². The Balaban J connectivity index is 1.63. The van der Waals surface area contributed by atoms with E-state index in [1.807, 2.05) is 0 Å². The molecule has 0 aliphatic carbocycles. The van der Waals surface area contributed by atoms with Gasteiger partial charge < -0.3 is 9.47 Å². The highest BCUT2D eigenvalue weighted by Crippen LogP contribution is 2.20. The predicted octanol–water partition coefficient (Wildman–Crippen LogP) is 5.15. The average molecular weight is 304 g/mol. The maximum Gasteiger partial charge on any atom is 0.0810 e. The summed E-state index contributed by atoms with van der Waals surface area (Å²) in [6.07, 6.45) is 12.1. The molecule has 2 nitrogen and oxygen atoms in total. The van der Waals surface area contributed by atoms with Crippen LogP contribution in [0, 0.1) is 0 Å². The van der Waals surface area contributed by atoms with Gasteiger partial charge in [-0.25, -0.2) is 0 Å². The van der Waals surface area contributed by atoms with Crippen LogP contribution in [0.1, 0.15) is 63.9 Å². The van der Waals surface area contributed by atoms with Crippen molar-refractivity contribution >= 4 is 0 Å². The Labute approximate surface area is 136 Å². The van der Waals surface area contributed by atoms with Crippen molar-refractivity contribution in [2.45, 2.75) is 76.9 Å². The second kappa shape index (κ2) is 10.8. The highest BCUT2D eigenvalue weighted by molar-refractivity contribution is 5.15. The van der Waals surface area contributed by atoms with Gasteiger partial charge in [0.1, 0.15) is 0 Å². The Bertz CT molecular complexity index is 373. The average Bonchev–Trinajstić information content (AvgIpc) is 3.37. The first kappa shape index (κ1) is 17.5. The second-order valence-corrected chi connectivity index (χ2v) is 6.48. The molecular formula is C20H32O2. The molecule has 0 aromatic heterocycles. The lowest BCUT2D eigenvalue weighted by atomic mass is 10.0. The minimum atomic E-state index is 0.349. The summed E-state index contributed by atoms with van der Waals surface area (Å²) in [6.45, 7) is 4.13. The highest BCUT2D eigenvalue weighted by atomic mass is 16.6. The summed E-state index contributed by atoms with van der Waals surface area (Å²) in [5, 5.41) is 0. The van der Waals surface area contributed by atoms with E-state index in [9.17, 15) is 0 Å². The molecule has 22 heavy (non-hydrogen) atoms. The first-order valence-corrected chi connectivity index (χ1v) is 9.15. The van der Waals surface area contributed by atoms with E-state index >= 15 is 0 Å². The van der Waals surface area contributed by atoms with Crippen LogP contribution in [-0.4, -0.2) is 25.4 Å². The molecule has 1 aromatic carbocycles. The Morgan fingerprint density at radius 3 is 2.55 bits per heavy atom. The first-order chi connectivity index (χ1) is 10.9. The molecule has 1 aliphatic heterocycles. The number of hydrogen-bond acceptors (Lipinski definition) is 2. The van der Waals surface area contributed by atoms with E-state index in [0.717, 1.165) is 32.5 Å². The summed E-state index contributed by atoms with van der Waals surface area (Å²) in [7, 11) is 0. The molecule has 1 fully saturated rings. The fourth-order valence-corrected chi connectivity index (χ4v) is 2.86. The van der Waals surface area contributed by atoms with Crippen LogP contribution < -0.4 is 0 Å². The molecule has 0 saturated carbocycles. The van der Waals surface area contributed by atoms with Crippen LogP contribution in [0.15, 0.2) is 30.3 Å². The Morgan fingerprint density at radius 2 is 1.82 bits per heavy atom. The predicted molar refractivity (Wildman–Crippen MR) is 92.2 cm³/mol. The Kier molecular flexibility index (Phi) is 8.59. The molecule has 1 heterocycles. The molecule has 2 atom stereocenters. The molecule has 0 spiro atoms. The third-order valence-electron chi connectivity index (χ3n) is 4.37. The lowest BCUT2D eigenvalue weighted by molar-refractivity contribution is 0.0424. The minimum Gasteiger partial charge on any atom is -0.378 e. The third kappa shape index (κ3) is 7.95. The second-order valence-electron chi connectivity index (χ2n) is 6.48. The van der Waals surface area contributed by atoms with E-state index in [1.54, 1.807) is 0 Å². The molecule has 1 saturated heterocycles. The van der Waals surface area contributed by atoms with Crippen molar-refractivity contribution in [3.63, 3.8) is 0 Å². The SMILES string of the molecule is CCCCCCCCO[C@H](CC[C@@H]1CO1)Cc1ccccc1. The number of unbranched alkanes of at least 4 members (excludes halogenated alkanes) is 5. The number of benzene rings is 1. The molecule has 124 valence electrons. The zero-order valence-electron chi connectivity index (χ0n) is 14.1. The maximum atomic E-state index is 6.18. The summed E-state index contributed by atoms with van der Waals surface area (Å²) in [5.41, 5.74) is 1.38. The van der Waals surface area contributed by atoms with Crippen molar-refractivity contribution in [3.8, 4) is 0 Å². The van der Waals surface area contributed by atoms with E-state index < -0.39 is 0 Å². The van der Waals surface area contributed by atoms with Crippen molar-refractivity contribution in [1.29, 1.82) is 0 Å². The van der Waals surface area contributed by atoms with Gasteiger partial charge in [-0.15, -0.1) is 0 Å². The molecule has 0 amide bonds. The fraction of sp³-hybridized carbons (Fsp3) is 0.700. The van der Waals surface area contributed by atoms with Gasteiger partial charge in [-0.05, 0) is 31.2 Å². The van der Waals surface area contributed by atoms with Crippen LogP contribution in [0.3, 0.4) is 0 Å². The molecule has 0 bridgehead atoms. The molecule has 0 N–H and O–H groups in total. The zero-order chi connectivity index (χ0) is 15.5. The van der Waals surface area contributed by atoms with E-state index in [4.69, 9.17) is 9.47 Å². The van der Waals surface area contributed by atoms with Gasteiger partial charge in [0.25, 0.3) is 0 Å². The Morgan fingerprint density at radius 1 is 1.09 bits per heavy atom. The molecule has 2 rings (SSSR count). The van der Waals surface area contributed by atoms with Gasteiger partial charge in [-0.3, -0.25) is 0 Å². The van der Waals surface area contributed by atoms with Gasteiger partial charge >= 0.3 is 0 Å². The summed E-state index contributed by atoms with van der Waals surface area (Å²) < 4.78 is 11.5. The molecule has 1 aromatic rings. The first-order valence-electron chi connectivity index (χ1n) is 9.15. The van der Waals surface area contributed by atoms with Gasteiger partial charge in [-0.2, -0.15) is 0 Å². The summed E-state index contributed by atoms with van der Waals surface area (Å²) in [5.74, 6) is 0. The largest absolute Gasteiger partial charge is 0.378 e. The summed E-state index contributed by atoms with van der Waals surface area (Å²) >= 11 is 0. The zero-order valence-corrected chi connectivity index (χ0v) is 14.1. The lowest BCUT2D eigenvalue weighted by Crippen LogP contribution is -2.18. The summed E-state index contributed by atoms with van der Waals surface area (Å²) in [4.78, 5) is 0. The fourth-order valence-electron chi connectivity index (χ4n) is 2.86. The number of hydrogen-bond donors (Lipinski definition) is 0. The van der Waals surface area contributed by atoms with Gasteiger partial charge in [0.05, 0.1) is 18.8 Å². The van der Waals surface area contributed by atoms with Crippen LogP contribution in [0.2, 0.25) is 0 Å². The van der Waals surface area contributed by atoms with Crippen LogP contribution in [-0.2, 0) is 15.9 Å². The van der Waals surface area contributed by atoms with Crippen LogP contribution in [0.5, 0.6) is 0 Å². The van der Waals surface area contributed by atoms with Crippen LogP contribution in [0.4, 0.5) is 0 Å². The standard InChI is InChI=1S/C20H32O2/c1-2-3-4-5-6-10-15-21-19(13-14-20-17-22-20)16-18-11-8-7-9-12-18/h7-9,11-12,19-20H,2-6,10,13-17H2,1H3/t19-,20-/m1/s1. The quantitative estimate of drug-likeness (QED) is 0.371. The third-order valence-corrected chi connectivity index (χ3v) is 4.37. The van der Waals surface area contributed by atoms with Gasteiger partial charge in [0.15, 0.2) is 0 Å². The van der Waals surface area contributed by atoms with Gasteiger partial charge in [-0.1, -0.05) is 69.4 Å². The minimum absolute atomic E-state index is 0.349. The number of rotatable bonds is 13. The topological polar surface area (TPSA) is 21.8 Å². The molecule has 1 aliphatic rings. The van der Waals surface area contributed by atoms with Gasteiger partial charge in [0, 0.05) is 6.61 Å². The molecule has 0 radical (unpaired) electrons. The van der Waals surface area contributed by atoms with Gasteiger partial charge in [0.2, 0.25) is 0 Å². The molecule has 2 heteroatoms. The van der Waals surface area contributed by atoms with Crippen molar-refractivity contribution in [1.82, 2.24) is 0 Å². The van der Waals surface area contributed by atoms with Crippen LogP contribution in [0.25, 0.3) is 0 Å². The summed E-state index contributed by atoms with van der Waals surface area (Å²) in [6, 6.07) is 10.7.